The molecular weight excluding hydrogens is 409 g/mol. The fourth-order valence-electron chi connectivity index (χ4n) is 3.34. The summed E-state index contributed by atoms with van der Waals surface area (Å²) in [7, 11) is 0. The molecule has 1 aliphatic rings. The third kappa shape index (κ3) is 3.99. The van der Waals surface area contributed by atoms with Crippen LogP contribution in [0.25, 0.3) is 0 Å². The Labute approximate surface area is 176 Å². The van der Waals surface area contributed by atoms with Crippen LogP contribution in [-0.2, 0) is 10.2 Å². The Morgan fingerprint density at radius 1 is 0.967 bits per heavy atom. The van der Waals surface area contributed by atoms with Crippen LogP contribution in [0.1, 0.15) is 35.2 Å². The highest BCUT2D eigenvalue weighted by molar-refractivity contribution is 6.30. The summed E-state index contributed by atoms with van der Waals surface area (Å²) in [6.45, 7) is 0. The third-order valence-electron chi connectivity index (χ3n) is 5.14. The molecule has 9 heteroatoms. The zero-order valence-electron chi connectivity index (χ0n) is 15.7. The number of rotatable bonds is 5. The minimum Gasteiger partial charge on any atom is -0.310 e. The second-order valence-electron chi connectivity index (χ2n) is 7.03. The molecule has 2 amide bonds. The largest absolute Gasteiger partial charge is 0.310 e. The Morgan fingerprint density at radius 2 is 1.70 bits per heavy atom. The highest BCUT2D eigenvalue weighted by Gasteiger charge is 2.46. The van der Waals surface area contributed by atoms with Gasteiger partial charge in [0.1, 0.15) is 17.5 Å². The van der Waals surface area contributed by atoms with Crippen molar-refractivity contribution in [3.8, 4) is 0 Å². The number of carbonyl (C=O) groups is 2. The summed E-state index contributed by atoms with van der Waals surface area (Å²) in [5.41, 5.74) is 0.341. The van der Waals surface area contributed by atoms with Gasteiger partial charge in [-0.25, -0.2) is 14.4 Å². The summed E-state index contributed by atoms with van der Waals surface area (Å²) >= 11 is 5.86. The summed E-state index contributed by atoms with van der Waals surface area (Å²) in [4.78, 5) is 37.3. The first-order valence-corrected chi connectivity index (χ1v) is 9.65. The Kier molecular flexibility index (Phi) is 5.41. The molecular formula is C21H17ClFN5O2. The van der Waals surface area contributed by atoms with E-state index >= 15 is 0 Å². The molecule has 0 atom stereocenters. The van der Waals surface area contributed by atoms with Crippen LogP contribution in [0.4, 0.5) is 16.0 Å². The highest BCUT2D eigenvalue weighted by Crippen LogP contribution is 2.44. The van der Waals surface area contributed by atoms with E-state index < -0.39 is 11.2 Å². The molecule has 0 spiro atoms. The number of carbonyl (C=O) groups excluding carboxylic acids is 2. The van der Waals surface area contributed by atoms with Crippen molar-refractivity contribution in [2.75, 3.05) is 10.6 Å². The first-order chi connectivity index (χ1) is 14.5. The van der Waals surface area contributed by atoms with Gasteiger partial charge in [-0.15, -0.1) is 0 Å². The van der Waals surface area contributed by atoms with Gasteiger partial charge < -0.3 is 10.6 Å². The SMILES string of the molecule is O=C(Nc1ccc(C2(C(=O)Nc3ccc(F)cn3)CCC2)cn1)c1cncc(Cl)c1. The Hall–Kier alpha value is -3.39. The number of hydrogen-bond donors (Lipinski definition) is 2. The number of hydrogen-bond acceptors (Lipinski definition) is 5. The lowest BCUT2D eigenvalue weighted by Crippen LogP contribution is -2.46. The molecule has 0 unspecified atom stereocenters. The minimum atomic E-state index is -0.720. The zero-order chi connectivity index (χ0) is 21.1. The predicted molar refractivity (Wildman–Crippen MR) is 110 cm³/mol. The summed E-state index contributed by atoms with van der Waals surface area (Å²) in [6, 6.07) is 7.59. The van der Waals surface area contributed by atoms with Crippen molar-refractivity contribution in [3.63, 3.8) is 0 Å². The number of anilines is 2. The zero-order valence-corrected chi connectivity index (χ0v) is 16.5. The molecule has 1 saturated carbocycles. The molecule has 30 heavy (non-hydrogen) atoms. The van der Waals surface area contributed by atoms with Gasteiger partial charge in [-0.3, -0.25) is 14.6 Å². The molecule has 152 valence electrons. The maximum absolute atomic E-state index is 13.0. The van der Waals surface area contributed by atoms with Crippen molar-refractivity contribution >= 4 is 35.1 Å². The summed E-state index contributed by atoms with van der Waals surface area (Å²) in [5, 5.41) is 5.79. The van der Waals surface area contributed by atoms with Gasteiger partial charge in [0.2, 0.25) is 5.91 Å². The summed E-state index contributed by atoms with van der Waals surface area (Å²) in [6.07, 6.45) is 7.73. The van der Waals surface area contributed by atoms with Crippen LogP contribution in [0.2, 0.25) is 5.02 Å². The van der Waals surface area contributed by atoms with Gasteiger partial charge in [-0.2, -0.15) is 0 Å². The quantitative estimate of drug-likeness (QED) is 0.644. The molecule has 0 bridgehead atoms. The second-order valence-corrected chi connectivity index (χ2v) is 7.47. The van der Waals surface area contributed by atoms with Crippen LogP contribution in [0.15, 0.2) is 55.1 Å². The Balaban J connectivity index is 1.48. The fraction of sp³-hybridized carbons (Fsp3) is 0.190. The molecule has 0 aliphatic heterocycles. The van der Waals surface area contributed by atoms with Gasteiger partial charge in [0, 0.05) is 18.6 Å². The van der Waals surface area contributed by atoms with Crippen LogP contribution >= 0.6 is 11.6 Å². The molecule has 7 nitrogen and oxygen atoms in total. The number of nitrogens with zero attached hydrogens (tertiary/aromatic N) is 3. The van der Waals surface area contributed by atoms with E-state index in [-0.39, 0.29) is 11.8 Å². The molecule has 3 heterocycles. The van der Waals surface area contributed by atoms with Gasteiger partial charge in [0.25, 0.3) is 5.91 Å². The topological polar surface area (TPSA) is 96.9 Å². The first-order valence-electron chi connectivity index (χ1n) is 9.28. The molecule has 1 aliphatic carbocycles. The second kappa shape index (κ2) is 8.16. The average Bonchev–Trinajstić information content (AvgIpc) is 2.70. The smallest absolute Gasteiger partial charge is 0.258 e. The number of aromatic nitrogens is 3. The van der Waals surface area contributed by atoms with Crippen LogP contribution in [0.5, 0.6) is 0 Å². The van der Waals surface area contributed by atoms with Crippen molar-refractivity contribution < 1.29 is 14.0 Å². The highest BCUT2D eigenvalue weighted by atomic mass is 35.5. The number of amides is 2. The molecule has 0 saturated heterocycles. The number of halogens is 2. The standard InChI is InChI=1S/C21H17ClFN5O2/c22-15-8-13(9-24-11-15)19(29)27-17-4-2-14(10-25-17)21(6-1-7-21)20(30)28-18-5-3-16(23)12-26-18/h2-5,8-12H,1,6-7H2,(H,25,27,29)(H,26,28,30). The molecule has 2 N–H and O–H groups in total. The number of nitrogens with one attached hydrogen (secondary N) is 2. The Bertz CT molecular complexity index is 1090. The van der Waals surface area contributed by atoms with Crippen molar-refractivity contribution in [1.82, 2.24) is 15.0 Å². The first kappa shape index (κ1) is 19.9. The van der Waals surface area contributed by atoms with Crippen molar-refractivity contribution in [2.45, 2.75) is 24.7 Å². The van der Waals surface area contributed by atoms with Crippen LogP contribution < -0.4 is 10.6 Å². The van der Waals surface area contributed by atoms with E-state index in [1.54, 1.807) is 18.3 Å². The van der Waals surface area contributed by atoms with Gasteiger partial charge >= 0.3 is 0 Å². The van der Waals surface area contributed by atoms with Crippen molar-refractivity contribution in [2.24, 2.45) is 0 Å². The lowest BCUT2D eigenvalue weighted by Gasteiger charge is -2.40. The summed E-state index contributed by atoms with van der Waals surface area (Å²) < 4.78 is 13.0. The fourth-order valence-corrected chi connectivity index (χ4v) is 3.51. The van der Waals surface area contributed by atoms with Crippen molar-refractivity contribution in [3.05, 3.63) is 77.1 Å². The minimum absolute atomic E-state index is 0.212. The third-order valence-corrected chi connectivity index (χ3v) is 5.34. The average molecular weight is 426 g/mol. The van der Waals surface area contributed by atoms with Gasteiger partial charge in [0.05, 0.1) is 22.2 Å². The lowest BCUT2D eigenvalue weighted by atomic mass is 9.64. The molecule has 0 radical (unpaired) electrons. The van der Waals surface area contributed by atoms with E-state index in [1.807, 2.05) is 0 Å². The van der Waals surface area contributed by atoms with Crippen LogP contribution in [0.3, 0.4) is 0 Å². The van der Waals surface area contributed by atoms with Crippen molar-refractivity contribution in [1.29, 1.82) is 0 Å². The predicted octanol–water partition coefficient (Wildman–Crippen LogP) is 3.98. The molecule has 3 aromatic rings. The van der Waals surface area contributed by atoms with Crippen LogP contribution in [0, 0.1) is 5.82 Å². The van der Waals surface area contributed by atoms with E-state index in [1.165, 1.54) is 30.6 Å². The maximum atomic E-state index is 13.0. The van der Waals surface area contributed by atoms with Gasteiger partial charge in [-0.05, 0) is 42.7 Å². The maximum Gasteiger partial charge on any atom is 0.258 e. The molecule has 0 aromatic carbocycles. The van der Waals surface area contributed by atoms with E-state index in [9.17, 15) is 14.0 Å². The van der Waals surface area contributed by atoms with Gasteiger partial charge in [-0.1, -0.05) is 24.1 Å². The van der Waals surface area contributed by atoms with Crippen LogP contribution in [-0.4, -0.2) is 26.8 Å². The van der Waals surface area contributed by atoms with Gasteiger partial charge in [0.15, 0.2) is 0 Å². The number of pyridine rings is 3. The summed E-state index contributed by atoms with van der Waals surface area (Å²) in [5.74, 6) is -0.430. The van der Waals surface area contributed by atoms with E-state index in [4.69, 9.17) is 11.6 Å². The molecule has 4 rings (SSSR count). The normalized spacial score (nSPS) is 14.5. The Morgan fingerprint density at radius 3 is 2.30 bits per heavy atom. The van der Waals surface area contributed by atoms with E-state index in [0.717, 1.165) is 18.2 Å². The monoisotopic (exact) mass is 425 g/mol. The molecule has 3 aromatic heterocycles. The molecule has 1 fully saturated rings. The van der Waals surface area contributed by atoms with E-state index in [2.05, 4.69) is 25.6 Å². The van der Waals surface area contributed by atoms with E-state index in [0.29, 0.717) is 35.1 Å². The lowest BCUT2D eigenvalue weighted by molar-refractivity contribution is -0.124.